The molecule has 1 N–H and O–H groups in total. The summed E-state index contributed by atoms with van der Waals surface area (Å²) in [5.41, 5.74) is 1.14. The van der Waals surface area contributed by atoms with Crippen molar-refractivity contribution < 1.29 is 4.79 Å². The monoisotopic (exact) mass is 273 g/mol. The Hall–Kier alpha value is -1.65. The third-order valence-electron chi connectivity index (χ3n) is 2.65. The highest BCUT2D eigenvalue weighted by Gasteiger charge is 2.15. The molecule has 3 aromatic rings. The highest BCUT2D eigenvalue weighted by molar-refractivity contribution is 7.24. The molecule has 3 rings (SSSR count). The summed E-state index contributed by atoms with van der Waals surface area (Å²) in [4.78, 5) is 12.5. The molecule has 1 aromatic carbocycles. The van der Waals surface area contributed by atoms with Crippen molar-refractivity contribution in [1.82, 2.24) is 0 Å². The minimum atomic E-state index is -0.0284. The van der Waals surface area contributed by atoms with Crippen LogP contribution in [-0.4, -0.2) is 5.91 Å². The normalized spacial score (nSPS) is 10.7. The van der Waals surface area contributed by atoms with Gasteiger partial charge in [0.15, 0.2) is 0 Å². The van der Waals surface area contributed by atoms with Gasteiger partial charge in [0.25, 0.3) is 0 Å². The van der Waals surface area contributed by atoms with Gasteiger partial charge in [0, 0.05) is 27.5 Å². The molecular weight excluding hydrogens is 262 g/mol. The van der Waals surface area contributed by atoms with E-state index in [-0.39, 0.29) is 5.91 Å². The smallest absolute Gasteiger partial charge is 0.221 e. The van der Waals surface area contributed by atoms with Crippen molar-refractivity contribution in [2.45, 2.75) is 6.92 Å². The predicted octanol–water partition coefficient (Wildman–Crippen LogP) is 4.59. The summed E-state index contributed by atoms with van der Waals surface area (Å²) in [6.07, 6.45) is 0. The highest BCUT2D eigenvalue weighted by Crippen LogP contribution is 2.44. The molecule has 0 unspecified atom stereocenters. The maximum atomic E-state index is 11.3. The lowest BCUT2D eigenvalue weighted by Gasteiger charge is -2.02. The zero-order valence-corrected chi connectivity index (χ0v) is 11.4. The predicted molar refractivity (Wildman–Crippen MR) is 79.4 cm³/mol. The fourth-order valence-corrected chi connectivity index (χ4v) is 3.98. The third-order valence-corrected chi connectivity index (χ3v) is 4.63. The van der Waals surface area contributed by atoms with Crippen LogP contribution in [0.25, 0.3) is 20.5 Å². The Kier molecular flexibility index (Phi) is 2.89. The van der Waals surface area contributed by atoms with Crippen LogP contribution in [0.2, 0.25) is 0 Å². The van der Waals surface area contributed by atoms with Crippen LogP contribution < -0.4 is 5.32 Å². The van der Waals surface area contributed by atoms with Crippen LogP contribution in [0.15, 0.2) is 41.8 Å². The van der Waals surface area contributed by atoms with Gasteiger partial charge in [-0.2, -0.15) is 0 Å². The Morgan fingerprint density at radius 1 is 1.17 bits per heavy atom. The van der Waals surface area contributed by atoms with Crippen molar-refractivity contribution >= 4 is 43.7 Å². The van der Waals surface area contributed by atoms with E-state index >= 15 is 0 Å². The Labute approximate surface area is 113 Å². The molecule has 0 atom stereocenters. The second-order valence-corrected chi connectivity index (χ2v) is 5.96. The standard InChI is InChI=1S/C14H11NOS2/c1-9(16)15-14-13(12-7-4-8-17-12)10-5-2-3-6-11(10)18-14/h2-8H,1H3,(H,15,16). The molecule has 0 spiro atoms. The molecule has 90 valence electrons. The molecule has 2 nitrogen and oxygen atoms in total. The maximum Gasteiger partial charge on any atom is 0.221 e. The van der Waals surface area contributed by atoms with Crippen molar-refractivity contribution in [3.63, 3.8) is 0 Å². The van der Waals surface area contributed by atoms with Crippen molar-refractivity contribution in [1.29, 1.82) is 0 Å². The fraction of sp³-hybridized carbons (Fsp3) is 0.0714. The van der Waals surface area contributed by atoms with Gasteiger partial charge in [0.1, 0.15) is 5.00 Å². The first-order chi connectivity index (χ1) is 8.75. The van der Waals surface area contributed by atoms with E-state index in [9.17, 15) is 4.79 Å². The van der Waals surface area contributed by atoms with Crippen LogP contribution >= 0.6 is 22.7 Å². The molecule has 18 heavy (non-hydrogen) atoms. The zero-order valence-electron chi connectivity index (χ0n) is 9.77. The summed E-state index contributed by atoms with van der Waals surface area (Å²) in [6.45, 7) is 1.54. The lowest BCUT2D eigenvalue weighted by Crippen LogP contribution is -2.04. The van der Waals surface area contributed by atoms with Crippen LogP contribution in [-0.2, 0) is 4.79 Å². The molecule has 0 aliphatic carbocycles. The molecule has 0 aliphatic rings. The van der Waals surface area contributed by atoms with Crippen LogP contribution in [0.3, 0.4) is 0 Å². The minimum absolute atomic E-state index is 0.0284. The lowest BCUT2D eigenvalue weighted by molar-refractivity contribution is -0.114. The summed E-state index contributed by atoms with van der Waals surface area (Å²) in [5, 5.41) is 7.13. The van der Waals surface area contributed by atoms with Gasteiger partial charge < -0.3 is 5.32 Å². The first-order valence-corrected chi connectivity index (χ1v) is 7.28. The SMILES string of the molecule is CC(=O)Nc1sc2ccccc2c1-c1cccs1. The fourth-order valence-electron chi connectivity index (χ4n) is 1.96. The molecule has 1 amide bonds. The van der Waals surface area contributed by atoms with E-state index in [1.807, 2.05) is 18.2 Å². The van der Waals surface area contributed by atoms with Gasteiger partial charge in [-0.25, -0.2) is 0 Å². The van der Waals surface area contributed by atoms with Gasteiger partial charge in [-0.15, -0.1) is 22.7 Å². The number of hydrogen-bond donors (Lipinski definition) is 1. The number of carbonyl (C=O) groups is 1. The number of nitrogens with one attached hydrogen (secondary N) is 1. The van der Waals surface area contributed by atoms with Crippen LogP contribution in [0.5, 0.6) is 0 Å². The summed E-state index contributed by atoms with van der Waals surface area (Å²) < 4.78 is 1.20. The number of hydrogen-bond acceptors (Lipinski definition) is 3. The van der Waals surface area contributed by atoms with Crippen molar-refractivity contribution in [3.8, 4) is 10.4 Å². The third kappa shape index (κ3) is 1.94. The number of thiophene rings is 2. The van der Waals surface area contributed by atoms with E-state index in [2.05, 4.69) is 28.9 Å². The molecule has 2 aromatic heterocycles. The van der Waals surface area contributed by atoms with Crippen molar-refractivity contribution in [2.75, 3.05) is 5.32 Å². The van der Waals surface area contributed by atoms with E-state index in [4.69, 9.17) is 0 Å². The second kappa shape index (κ2) is 4.55. The maximum absolute atomic E-state index is 11.3. The number of amides is 1. The number of rotatable bonds is 2. The number of anilines is 1. The van der Waals surface area contributed by atoms with Crippen molar-refractivity contribution in [2.24, 2.45) is 0 Å². The second-order valence-electron chi connectivity index (χ2n) is 3.96. The molecule has 0 radical (unpaired) electrons. The van der Waals surface area contributed by atoms with E-state index < -0.39 is 0 Å². The first-order valence-electron chi connectivity index (χ1n) is 5.58. The van der Waals surface area contributed by atoms with Gasteiger partial charge in [-0.05, 0) is 17.5 Å². The Bertz CT molecular complexity index is 698. The molecule has 2 heterocycles. The Balaban J connectivity index is 2.27. The van der Waals surface area contributed by atoms with Crippen LogP contribution in [0.4, 0.5) is 5.00 Å². The summed E-state index contributed by atoms with van der Waals surface area (Å²) >= 11 is 3.32. The molecule has 0 saturated carbocycles. The van der Waals surface area contributed by atoms with E-state index in [1.54, 1.807) is 29.6 Å². The highest BCUT2D eigenvalue weighted by atomic mass is 32.1. The topological polar surface area (TPSA) is 29.1 Å². The van der Waals surface area contributed by atoms with Gasteiger partial charge in [0.2, 0.25) is 5.91 Å². The van der Waals surface area contributed by atoms with Gasteiger partial charge in [0.05, 0.1) is 0 Å². The van der Waals surface area contributed by atoms with E-state index in [0.717, 1.165) is 10.6 Å². The van der Waals surface area contributed by atoms with Crippen LogP contribution in [0, 0.1) is 0 Å². The summed E-state index contributed by atoms with van der Waals surface area (Å²) in [7, 11) is 0. The first kappa shape index (κ1) is 11.4. The molecule has 0 fully saturated rings. The molecular formula is C14H11NOS2. The summed E-state index contributed by atoms with van der Waals surface area (Å²) in [5.74, 6) is -0.0284. The molecule has 4 heteroatoms. The van der Waals surface area contributed by atoms with E-state index in [1.165, 1.54) is 15.0 Å². The van der Waals surface area contributed by atoms with Crippen LogP contribution in [0.1, 0.15) is 6.92 Å². The lowest BCUT2D eigenvalue weighted by atomic mass is 10.1. The molecule has 0 saturated heterocycles. The summed E-state index contributed by atoms with van der Waals surface area (Å²) in [6, 6.07) is 12.4. The number of carbonyl (C=O) groups excluding carboxylic acids is 1. The Morgan fingerprint density at radius 3 is 2.72 bits per heavy atom. The van der Waals surface area contributed by atoms with Gasteiger partial charge >= 0.3 is 0 Å². The largest absolute Gasteiger partial charge is 0.317 e. The average molecular weight is 273 g/mol. The van der Waals surface area contributed by atoms with Gasteiger partial charge in [-0.1, -0.05) is 24.3 Å². The minimum Gasteiger partial charge on any atom is -0.317 e. The van der Waals surface area contributed by atoms with Gasteiger partial charge in [-0.3, -0.25) is 4.79 Å². The average Bonchev–Trinajstić information content (AvgIpc) is 2.93. The van der Waals surface area contributed by atoms with Crippen molar-refractivity contribution in [3.05, 3.63) is 41.8 Å². The molecule has 0 aliphatic heterocycles. The number of benzene rings is 1. The quantitative estimate of drug-likeness (QED) is 0.727. The number of fused-ring (bicyclic) bond motifs is 1. The zero-order chi connectivity index (χ0) is 12.5. The molecule has 0 bridgehead atoms. The van der Waals surface area contributed by atoms with E-state index in [0.29, 0.717) is 0 Å². The Morgan fingerprint density at radius 2 is 2.00 bits per heavy atom.